The van der Waals surface area contributed by atoms with Gasteiger partial charge in [-0.1, -0.05) is 0 Å². The second kappa shape index (κ2) is 3.88. The molecule has 5 heteroatoms. The zero-order chi connectivity index (χ0) is 10.9. The van der Waals surface area contributed by atoms with Gasteiger partial charge < -0.3 is 10.5 Å². The fourth-order valence-electron chi connectivity index (χ4n) is 1.21. The zero-order valence-electron chi connectivity index (χ0n) is 7.77. The number of hydrogen-bond acceptors (Lipinski definition) is 2. The second-order valence-electron chi connectivity index (χ2n) is 2.89. The molecule has 2 nitrogen and oxygen atoms in total. The van der Waals surface area contributed by atoms with Crippen molar-refractivity contribution in [1.29, 1.82) is 0 Å². The molecule has 78 valence electrons. The summed E-state index contributed by atoms with van der Waals surface area (Å²) >= 11 is 0. The number of methoxy groups -OCH3 is 1. The summed E-state index contributed by atoms with van der Waals surface area (Å²) in [6, 6.07) is -0.407. The maximum atomic E-state index is 13.2. The van der Waals surface area contributed by atoms with Crippen molar-refractivity contribution in [3.05, 3.63) is 29.1 Å². The minimum absolute atomic E-state index is 0.287. The zero-order valence-corrected chi connectivity index (χ0v) is 7.77. The van der Waals surface area contributed by atoms with Gasteiger partial charge in [-0.25, -0.2) is 13.2 Å². The quantitative estimate of drug-likeness (QED) is 0.750. The molecule has 0 radical (unpaired) electrons. The Labute approximate surface area is 79.5 Å². The molecule has 1 unspecified atom stereocenters. The highest BCUT2D eigenvalue weighted by Gasteiger charge is 2.21. The Morgan fingerprint density at radius 1 is 1.29 bits per heavy atom. The Morgan fingerprint density at radius 3 is 2.29 bits per heavy atom. The van der Waals surface area contributed by atoms with Gasteiger partial charge in [-0.15, -0.1) is 0 Å². The van der Waals surface area contributed by atoms with Gasteiger partial charge in [0.25, 0.3) is 0 Å². The SMILES string of the molecule is COc1c(F)cc(F)c(F)c1C(C)N. The van der Waals surface area contributed by atoms with Crippen LogP contribution in [0.4, 0.5) is 13.2 Å². The van der Waals surface area contributed by atoms with Crippen molar-refractivity contribution >= 4 is 0 Å². The van der Waals surface area contributed by atoms with Gasteiger partial charge in [-0.05, 0) is 6.92 Å². The minimum atomic E-state index is -1.27. The Kier molecular flexibility index (Phi) is 3.00. The Morgan fingerprint density at radius 2 is 1.86 bits per heavy atom. The summed E-state index contributed by atoms with van der Waals surface area (Å²) in [4.78, 5) is 0. The predicted molar refractivity (Wildman–Crippen MR) is 45.5 cm³/mol. The molecule has 1 aromatic carbocycles. The van der Waals surface area contributed by atoms with Gasteiger partial charge >= 0.3 is 0 Å². The number of ether oxygens (including phenoxy) is 1. The number of nitrogens with two attached hydrogens (primary N) is 1. The van der Waals surface area contributed by atoms with Crippen molar-refractivity contribution in [3.63, 3.8) is 0 Å². The van der Waals surface area contributed by atoms with E-state index >= 15 is 0 Å². The lowest BCUT2D eigenvalue weighted by molar-refractivity contribution is 0.364. The molecule has 0 aliphatic heterocycles. The van der Waals surface area contributed by atoms with E-state index in [1.54, 1.807) is 0 Å². The number of rotatable bonds is 2. The molecule has 2 N–H and O–H groups in total. The molecule has 0 fully saturated rings. The number of benzene rings is 1. The van der Waals surface area contributed by atoms with E-state index in [4.69, 9.17) is 5.73 Å². The van der Waals surface area contributed by atoms with E-state index in [1.165, 1.54) is 14.0 Å². The molecule has 0 saturated heterocycles. The van der Waals surface area contributed by atoms with Gasteiger partial charge in [0.15, 0.2) is 23.2 Å². The molecular weight excluding hydrogens is 195 g/mol. The molecule has 0 aliphatic rings. The van der Waals surface area contributed by atoms with Crippen LogP contribution in [-0.2, 0) is 0 Å². The van der Waals surface area contributed by atoms with Crippen LogP contribution in [0.1, 0.15) is 18.5 Å². The molecule has 0 bridgehead atoms. The van der Waals surface area contributed by atoms with Crippen molar-refractivity contribution in [2.45, 2.75) is 13.0 Å². The van der Waals surface area contributed by atoms with E-state index in [1.807, 2.05) is 0 Å². The normalized spacial score (nSPS) is 12.7. The van der Waals surface area contributed by atoms with E-state index in [-0.39, 0.29) is 11.3 Å². The van der Waals surface area contributed by atoms with Crippen LogP contribution in [-0.4, -0.2) is 7.11 Å². The van der Waals surface area contributed by atoms with Crippen molar-refractivity contribution in [2.75, 3.05) is 7.11 Å². The Hall–Kier alpha value is -1.23. The molecule has 0 aliphatic carbocycles. The van der Waals surface area contributed by atoms with Crippen LogP contribution in [0.15, 0.2) is 6.07 Å². The summed E-state index contributed by atoms with van der Waals surface area (Å²) in [5.74, 6) is -3.74. The third-order valence-electron chi connectivity index (χ3n) is 1.82. The number of halogens is 3. The second-order valence-corrected chi connectivity index (χ2v) is 2.89. The monoisotopic (exact) mass is 205 g/mol. The maximum absolute atomic E-state index is 13.2. The first-order chi connectivity index (χ1) is 6.49. The summed E-state index contributed by atoms with van der Waals surface area (Å²) in [5.41, 5.74) is 5.09. The van der Waals surface area contributed by atoms with Crippen LogP contribution in [0.3, 0.4) is 0 Å². The van der Waals surface area contributed by atoms with Crippen LogP contribution in [0, 0.1) is 17.5 Å². The van der Waals surface area contributed by atoms with Crippen LogP contribution in [0.2, 0.25) is 0 Å². The van der Waals surface area contributed by atoms with Crippen LogP contribution in [0.5, 0.6) is 5.75 Å². The van der Waals surface area contributed by atoms with Crippen molar-refractivity contribution in [1.82, 2.24) is 0 Å². The van der Waals surface area contributed by atoms with Crippen LogP contribution < -0.4 is 10.5 Å². The van der Waals surface area contributed by atoms with Crippen molar-refractivity contribution in [2.24, 2.45) is 5.73 Å². The number of hydrogen-bond donors (Lipinski definition) is 1. The van der Waals surface area contributed by atoms with E-state index in [2.05, 4.69) is 4.74 Å². The van der Waals surface area contributed by atoms with Crippen molar-refractivity contribution < 1.29 is 17.9 Å². The summed E-state index contributed by atoms with van der Waals surface area (Å²) in [6.45, 7) is 1.42. The average Bonchev–Trinajstić information content (AvgIpc) is 2.10. The molecular formula is C9H10F3NO. The van der Waals surface area contributed by atoms with Gasteiger partial charge in [0.1, 0.15) is 0 Å². The summed E-state index contributed by atoms with van der Waals surface area (Å²) < 4.78 is 43.6. The lowest BCUT2D eigenvalue weighted by Crippen LogP contribution is -2.12. The lowest BCUT2D eigenvalue weighted by Gasteiger charge is -2.13. The fourth-order valence-corrected chi connectivity index (χ4v) is 1.21. The van der Waals surface area contributed by atoms with Crippen molar-refractivity contribution in [3.8, 4) is 5.75 Å². The van der Waals surface area contributed by atoms with Gasteiger partial charge in [0, 0.05) is 12.1 Å². The highest BCUT2D eigenvalue weighted by atomic mass is 19.2. The highest BCUT2D eigenvalue weighted by Crippen LogP contribution is 2.31. The molecule has 0 aromatic heterocycles. The first-order valence-corrected chi connectivity index (χ1v) is 3.96. The van der Waals surface area contributed by atoms with Gasteiger partial charge in [-0.3, -0.25) is 0 Å². The topological polar surface area (TPSA) is 35.2 Å². The first kappa shape index (κ1) is 10.8. The highest BCUT2D eigenvalue weighted by molar-refractivity contribution is 5.38. The largest absolute Gasteiger partial charge is 0.493 e. The standard InChI is InChI=1S/C9H10F3NO/c1-4(13)7-8(12)5(10)3-6(11)9(7)14-2/h3-4H,13H2,1-2H3. The Bertz CT molecular complexity index is 352. The Balaban J connectivity index is 3.48. The predicted octanol–water partition coefficient (Wildman–Crippen LogP) is 2.13. The maximum Gasteiger partial charge on any atom is 0.168 e. The molecule has 14 heavy (non-hydrogen) atoms. The molecule has 1 rings (SSSR count). The molecule has 1 atom stereocenters. The lowest BCUT2D eigenvalue weighted by atomic mass is 10.1. The van der Waals surface area contributed by atoms with Crippen LogP contribution >= 0.6 is 0 Å². The summed E-state index contributed by atoms with van der Waals surface area (Å²) in [5, 5.41) is 0. The molecule has 0 amide bonds. The van der Waals surface area contributed by atoms with E-state index in [0.717, 1.165) is 0 Å². The minimum Gasteiger partial charge on any atom is -0.493 e. The molecule has 1 aromatic rings. The van der Waals surface area contributed by atoms with E-state index < -0.39 is 23.5 Å². The molecule has 0 saturated carbocycles. The smallest absolute Gasteiger partial charge is 0.168 e. The van der Waals surface area contributed by atoms with Gasteiger partial charge in [0.05, 0.1) is 12.7 Å². The van der Waals surface area contributed by atoms with Gasteiger partial charge in [-0.2, -0.15) is 0 Å². The molecule has 0 heterocycles. The molecule has 0 spiro atoms. The third-order valence-corrected chi connectivity index (χ3v) is 1.82. The summed E-state index contributed by atoms with van der Waals surface area (Å²) in [6.07, 6.45) is 0. The third kappa shape index (κ3) is 1.68. The first-order valence-electron chi connectivity index (χ1n) is 3.96. The van der Waals surface area contributed by atoms with E-state index in [0.29, 0.717) is 6.07 Å². The van der Waals surface area contributed by atoms with Gasteiger partial charge in [0.2, 0.25) is 0 Å². The average molecular weight is 205 g/mol. The summed E-state index contributed by atoms with van der Waals surface area (Å²) in [7, 11) is 1.17. The van der Waals surface area contributed by atoms with E-state index in [9.17, 15) is 13.2 Å². The van der Waals surface area contributed by atoms with Crippen LogP contribution in [0.25, 0.3) is 0 Å². The fraction of sp³-hybridized carbons (Fsp3) is 0.333.